The van der Waals surface area contributed by atoms with E-state index in [0.29, 0.717) is 23.7 Å². The molecule has 2 heterocycles. The van der Waals surface area contributed by atoms with E-state index in [0.717, 1.165) is 23.1 Å². The topological polar surface area (TPSA) is 74.2 Å². The summed E-state index contributed by atoms with van der Waals surface area (Å²) in [6.07, 6.45) is 4.62. The van der Waals surface area contributed by atoms with E-state index < -0.39 is 11.6 Å². The molecular weight excluding hydrogens is 348 g/mol. The van der Waals surface area contributed by atoms with Crippen molar-refractivity contribution in [3.05, 3.63) is 35.1 Å². The van der Waals surface area contributed by atoms with Gasteiger partial charge in [0.05, 0.1) is 24.9 Å². The van der Waals surface area contributed by atoms with Crippen molar-refractivity contribution in [3.63, 3.8) is 0 Å². The highest BCUT2D eigenvalue weighted by atomic mass is 16.6. The number of aliphatic hydroxyl groups is 1. The van der Waals surface area contributed by atoms with Crippen LogP contribution in [0.3, 0.4) is 0 Å². The SMILES string of the molecule is CCC=C1C=C(C(=O)OCC)Oc2cc3c(c(OC)c21)CC(C(C)(C)O)O3. The van der Waals surface area contributed by atoms with Gasteiger partial charge in [-0.3, -0.25) is 0 Å². The highest BCUT2D eigenvalue weighted by Gasteiger charge is 2.39. The maximum absolute atomic E-state index is 12.2. The van der Waals surface area contributed by atoms with Gasteiger partial charge in [0, 0.05) is 18.1 Å². The van der Waals surface area contributed by atoms with Crippen LogP contribution in [0, 0.1) is 0 Å². The van der Waals surface area contributed by atoms with E-state index in [4.69, 9.17) is 18.9 Å². The zero-order valence-electron chi connectivity index (χ0n) is 16.4. The van der Waals surface area contributed by atoms with Gasteiger partial charge in [0.25, 0.3) is 0 Å². The molecule has 146 valence electrons. The van der Waals surface area contributed by atoms with E-state index >= 15 is 0 Å². The van der Waals surface area contributed by atoms with Crippen LogP contribution >= 0.6 is 0 Å². The molecule has 1 unspecified atom stereocenters. The van der Waals surface area contributed by atoms with Gasteiger partial charge in [-0.1, -0.05) is 13.0 Å². The lowest BCUT2D eigenvalue weighted by Gasteiger charge is -2.24. The van der Waals surface area contributed by atoms with Gasteiger partial charge in [0.1, 0.15) is 23.4 Å². The molecule has 1 aromatic rings. The van der Waals surface area contributed by atoms with Crippen LogP contribution in [0.1, 0.15) is 45.2 Å². The maximum atomic E-state index is 12.2. The van der Waals surface area contributed by atoms with E-state index in [1.54, 1.807) is 40.0 Å². The Morgan fingerprint density at radius 1 is 1.37 bits per heavy atom. The van der Waals surface area contributed by atoms with E-state index in [9.17, 15) is 9.90 Å². The molecule has 0 saturated heterocycles. The van der Waals surface area contributed by atoms with Gasteiger partial charge in [-0.15, -0.1) is 0 Å². The lowest BCUT2D eigenvalue weighted by Crippen LogP contribution is -2.39. The molecule has 0 spiro atoms. The summed E-state index contributed by atoms with van der Waals surface area (Å²) in [5, 5.41) is 10.3. The van der Waals surface area contributed by atoms with Crippen molar-refractivity contribution in [2.24, 2.45) is 0 Å². The zero-order valence-corrected chi connectivity index (χ0v) is 16.4. The molecule has 0 radical (unpaired) electrons. The molecule has 0 fully saturated rings. The zero-order chi connectivity index (χ0) is 19.8. The Labute approximate surface area is 159 Å². The monoisotopic (exact) mass is 374 g/mol. The van der Waals surface area contributed by atoms with Gasteiger partial charge >= 0.3 is 5.97 Å². The molecule has 0 aromatic heterocycles. The lowest BCUT2D eigenvalue weighted by molar-refractivity contribution is -0.141. The first-order valence-corrected chi connectivity index (χ1v) is 9.20. The second-order valence-electron chi connectivity index (χ2n) is 7.12. The number of benzene rings is 1. The van der Waals surface area contributed by atoms with Gasteiger partial charge in [-0.05, 0) is 38.8 Å². The van der Waals surface area contributed by atoms with Crippen LogP contribution in [-0.4, -0.2) is 36.5 Å². The fourth-order valence-electron chi connectivity index (χ4n) is 3.35. The van der Waals surface area contributed by atoms with Crippen molar-refractivity contribution in [1.82, 2.24) is 0 Å². The molecule has 27 heavy (non-hydrogen) atoms. The third-order valence-corrected chi connectivity index (χ3v) is 4.65. The fourth-order valence-corrected chi connectivity index (χ4v) is 3.35. The summed E-state index contributed by atoms with van der Waals surface area (Å²) in [4.78, 5) is 12.2. The molecule has 0 bridgehead atoms. The molecule has 3 rings (SSSR count). The largest absolute Gasteiger partial charge is 0.496 e. The van der Waals surface area contributed by atoms with Crippen molar-refractivity contribution in [1.29, 1.82) is 0 Å². The van der Waals surface area contributed by atoms with E-state index in [1.807, 2.05) is 13.0 Å². The van der Waals surface area contributed by atoms with Crippen LogP contribution in [-0.2, 0) is 16.0 Å². The van der Waals surface area contributed by atoms with Crippen LogP contribution in [0.15, 0.2) is 24.0 Å². The number of hydrogen-bond donors (Lipinski definition) is 1. The first-order valence-electron chi connectivity index (χ1n) is 9.20. The minimum absolute atomic E-state index is 0.128. The summed E-state index contributed by atoms with van der Waals surface area (Å²) in [7, 11) is 1.60. The van der Waals surface area contributed by atoms with Gasteiger partial charge in [0.2, 0.25) is 5.76 Å². The van der Waals surface area contributed by atoms with E-state index in [1.165, 1.54) is 0 Å². The van der Waals surface area contributed by atoms with Gasteiger partial charge in [-0.25, -0.2) is 4.79 Å². The number of allylic oxidation sites excluding steroid dienone is 3. The standard InChI is InChI=1S/C21H26O6/c1-6-8-12-9-16(20(22)25-7-2)26-15-11-14-13(19(24-5)18(12)15)10-17(27-14)21(3,4)23/h8-9,11,17,23H,6-7,10H2,1-5H3. The third kappa shape index (κ3) is 3.54. The van der Waals surface area contributed by atoms with Crippen LogP contribution in [0.25, 0.3) is 5.57 Å². The van der Waals surface area contributed by atoms with Crippen LogP contribution in [0.4, 0.5) is 0 Å². The number of fused-ring (bicyclic) bond motifs is 2. The predicted octanol–water partition coefficient (Wildman–Crippen LogP) is 3.40. The molecule has 1 atom stereocenters. The minimum atomic E-state index is -0.998. The Kier molecular flexibility index (Phi) is 5.20. The smallest absolute Gasteiger partial charge is 0.374 e. The Balaban J connectivity index is 2.10. The molecule has 6 heteroatoms. The number of rotatable bonds is 5. The number of methoxy groups -OCH3 is 1. The number of carbonyl (C=O) groups is 1. The van der Waals surface area contributed by atoms with Crippen molar-refractivity contribution in [2.45, 2.75) is 52.2 Å². The number of hydrogen-bond acceptors (Lipinski definition) is 6. The number of ether oxygens (including phenoxy) is 4. The van der Waals surface area contributed by atoms with E-state index in [-0.39, 0.29) is 18.5 Å². The van der Waals surface area contributed by atoms with Crippen LogP contribution in [0.5, 0.6) is 17.2 Å². The second kappa shape index (κ2) is 7.27. The fraction of sp³-hybridized carbons (Fsp3) is 0.476. The van der Waals surface area contributed by atoms with Crippen molar-refractivity contribution in [3.8, 4) is 17.2 Å². The summed E-state index contributed by atoms with van der Waals surface area (Å²) in [6, 6.07) is 1.76. The number of esters is 1. The quantitative estimate of drug-likeness (QED) is 0.796. The van der Waals surface area contributed by atoms with Crippen LogP contribution < -0.4 is 14.2 Å². The van der Waals surface area contributed by atoms with Gasteiger partial charge in [-0.2, -0.15) is 0 Å². The first kappa shape index (κ1) is 19.3. The molecule has 2 aliphatic heterocycles. The summed E-state index contributed by atoms with van der Waals surface area (Å²) >= 11 is 0. The average Bonchev–Trinajstić information content (AvgIpc) is 3.04. The normalized spacial score (nSPS) is 19.6. The highest BCUT2D eigenvalue weighted by Crippen LogP contribution is 2.50. The Bertz CT molecular complexity index is 813. The van der Waals surface area contributed by atoms with Crippen molar-refractivity contribution in [2.75, 3.05) is 13.7 Å². The highest BCUT2D eigenvalue weighted by molar-refractivity contribution is 5.95. The third-order valence-electron chi connectivity index (χ3n) is 4.65. The molecule has 0 saturated carbocycles. The Morgan fingerprint density at radius 3 is 2.70 bits per heavy atom. The molecule has 6 nitrogen and oxygen atoms in total. The molecule has 1 N–H and O–H groups in total. The summed E-state index contributed by atoms with van der Waals surface area (Å²) < 4.78 is 22.6. The summed E-state index contributed by atoms with van der Waals surface area (Å²) in [5.41, 5.74) is 1.52. The Morgan fingerprint density at radius 2 is 2.11 bits per heavy atom. The molecular formula is C21H26O6. The van der Waals surface area contributed by atoms with Crippen LogP contribution in [0.2, 0.25) is 0 Å². The van der Waals surface area contributed by atoms with Crippen molar-refractivity contribution >= 4 is 11.5 Å². The Hall–Kier alpha value is -2.47. The molecule has 0 amide bonds. The first-order chi connectivity index (χ1) is 12.8. The van der Waals surface area contributed by atoms with Gasteiger partial charge < -0.3 is 24.1 Å². The molecule has 0 aliphatic carbocycles. The maximum Gasteiger partial charge on any atom is 0.374 e. The van der Waals surface area contributed by atoms with Crippen molar-refractivity contribution < 1.29 is 28.8 Å². The summed E-state index contributed by atoms with van der Waals surface area (Å²) in [5.74, 6) is 1.34. The lowest BCUT2D eigenvalue weighted by atomic mass is 9.92. The van der Waals surface area contributed by atoms with E-state index in [2.05, 4.69) is 0 Å². The molecule has 2 aliphatic rings. The molecule has 1 aromatic carbocycles. The predicted molar refractivity (Wildman–Crippen MR) is 101 cm³/mol. The van der Waals surface area contributed by atoms with Gasteiger partial charge in [0.15, 0.2) is 0 Å². The number of carbonyl (C=O) groups excluding carboxylic acids is 1. The summed E-state index contributed by atoms with van der Waals surface area (Å²) in [6.45, 7) is 7.47. The average molecular weight is 374 g/mol. The minimum Gasteiger partial charge on any atom is -0.496 e. The second-order valence-corrected chi connectivity index (χ2v) is 7.12.